The van der Waals surface area contributed by atoms with Crippen LogP contribution in [0.2, 0.25) is 0 Å². The van der Waals surface area contributed by atoms with Crippen molar-refractivity contribution in [3.8, 4) is 22.8 Å². The van der Waals surface area contributed by atoms with Crippen LogP contribution in [0.1, 0.15) is 25.3 Å². The zero-order valence-electron chi connectivity index (χ0n) is 12.1. The molecule has 0 saturated heterocycles. The fourth-order valence-electron chi connectivity index (χ4n) is 2.17. The van der Waals surface area contributed by atoms with E-state index < -0.39 is 0 Å². The van der Waals surface area contributed by atoms with Crippen LogP contribution in [-0.2, 0) is 0 Å². The molecule has 0 atom stereocenters. The molecule has 0 fully saturated rings. The lowest BCUT2D eigenvalue weighted by atomic mass is 9.98. The molecule has 106 valence electrons. The zero-order valence-corrected chi connectivity index (χ0v) is 12.9. The van der Waals surface area contributed by atoms with Crippen LogP contribution < -0.4 is 9.47 Å². The van der Waals surface area contributed by atoms with Crippen LogP contribution in [0.3, 0.4) is 0 Å². The van der Waals surface area contributed by atoms with Gasteiger partial charge in [-0.05, 0) is 18.1 Å². The largest absolute Gasteiger partial charge is 0.497 e. The smallest absolute Gasteiger partial charge is 0.133 e. The number of nitrogens with zero attached hydrogens (tertiary/aromatic N) is 1. The Morgan fingerprint density at radius 3 is 2.55 bits per heavy atom. The number of rotatable bonds is 4. The maximum atomic E-state index is 5.46. The Bertz CT molecular complexity index is 665. The lowest BCUT2D eigenvalue weighted by molar-refractivity contribution is 0.395. The minimum absolute atomic E-state index is 0.272. The maximum absolute atomic E-state index is 5.46. The van der Waals surface area contributed by atoms with Gasteiger partial charge in [0.1, 0.15) is 16.1 Å². The fraction of sp³-hybridized carbons (Fsp3) is 0.333. The van der Waals surface area contributed by atoms with Crippen LogP contribution in [-0.4, -0.2) is 24.2 Å². The van der Waals surface area contributed by atoms with E-state index in [1.807, 2.05) is 18.2 Å². The van der Waals surface area contributed by atoms with Crippen molar-refractivity contribution in [2.45, 2.75) is 19.8 Å². The van der Waals surface area contributed by atoms with Gasteiger partial charge in [-0.15, -0.1) is 0 Å². The van der Waals surface area contributed by atoms with Crippen LogP contribution in [0.25, 0.3) is 11.3 Å². The molecule has 2 aromatic rings. The Labute approximate surface area is 123 Å². The molecular weight excluding hydrogens is 272 g/mol. The van der Waals surface area contributed by atoms with Crippen molar-refractivity contribution in [1.29, 1.82) is 0 Å². The van der Waals surface area contributed by atoms with Crippen molar-refractivity contribution in [3.05, 3.63) is 34.7 Å². The highest BCUT2D eigenvalue weighted by Gasteiger charge is 2.15. The SMILES string of the molecule is COc1ccc(-c2[nH]cnc(=S)c2C(C)C)c(OC)c1. The van der Waals surface area contributed by atoms with Crippen molar-refractivity contribution in [2.24, 2.45) is 0 Å². The molecule has 0 aliphatic heterocycles. The first-order valence-electron chi connectivity index (χ1n) is 6.38. The molecule has 0 aliphatic carbocycles. The Morgan fingerprint density at radius 2 is 1.95 bits per heavy atom. The van der Waals surface area contributed by atoms with Gasteiger partial charge >= 0.3 is 0 Å². The zero-order chi connectivity index (χ0) is 14.7. The van der Waals surface area contributed by atoms with Crippen molar-refractivity contribution >= 4 is 12.2 Å². The molecule has 4 nitrogen and oxygen atoms in total. The van der Waals surface area contributed by atoms with E-state index in [-0.39, 0.29) is 5.92 Å². The average molecular weight is 290 g/mol. The highest BCUT2D eigenvalue weighted by molar-refractivity contribution is 7.71. The standard InChI is InChI=1S/C15H18N2O2S/c1-9(2)13-14(16-8-17-15(13)20)11-6-5-10(18-3)7-12(11)19-4/h5-9H,1-4H3,(H,16,17,20). The summed E-state index contributed by atoms with van der Waals surface area (Å²) in [5, 5.41) is 0. The Kier molecular flexibility index (Phi) is 4.39. The number of ether oxygens (including phenoxy) is 2. The van der Waals surface area contributed by atoms with Crippen LogP contribution in [0.5, 0.6) is 11.5 Å². The molecule has 1 heterocycles. The van der Waals surface area contributed by atoms with Gasteiger partial charge in [-0.25, -0.2) is 4.98 Å². The quantitative estimate of drug-likeness (QED) is 0.866. The molecular formula is C15H18N2O2S. The van der Waals surface area contributed by atoms with Crippen molar-refractivity contribution in [3.63, 3.8) is 0 Å². The third-order valence-corrected chi connectivity index (χ3v) is 3.47. The van der Waals surface area contributed by atoms with Gasteiger partial charge in [0.2, 0.25) is 0 Å². The molecule has 0 bridgehead atoms. The molecule has 0 saturated carbocycles. The third kappa shape index (κ3) is 2.67. The van der Waals surface area contributed by atoms with Crippen LogP contribution >= 0.6 is 12.2 Å². The summed E-state index contributed by atoms with van der Waals surface area (Å²) in [6.07, 6.45) is 1.62. The monoisotopic (exact) mass is 290 g/mol. The number of hydrogen-bond donors (Lipinski definition) is 1. The summed E-state index contributed by atoms with van der Waals surface area (Å²) in [6, 6.07) is 5.72. The normalized spacial score (nSPS) is 10.7. The van der Waals surface area contributed by atoms with E-state index >= 15 is 0 Å². The number of H-pyrrole nitrogens is 1. The van der Waals surface area contributed by atoms with E-state index in [2.05, 4.69) is 23.8 Å². The minimum atomic E-state index is 0.272. The molecule has 0 spiro atoms. The molecule has 0 amide bonds. The second kappa shape index (κ2) is 6.05. The molecule has 0 radical (unpaired) electrons. The highest BCUT2D eigenvalue weighted by Crippen LogP contribution is 2.36. The Hall–Kier alpha value is -1.88. The average Bonchev–Trinajstić information content (AvgIpc) is 2.45. The Balaban J connectivity index is 2.68. The molecule has 0 aliphatic rings. The third-order valence-electron chi connectivity index (χ3n) is 3.15. The molecule has 1 aromatic carbocycles. The molecule has 0 unspecified atom stereocenters. The van der Waals surface area contributed by atoms with Crippen molar-refractivity contribution in [2.75, 3.05) is 14.2 Å². The topological polar surface area (TPSA) is 47.1 Å². The van der Waals surface area contributed by atoms with E-state index in [0.29, 0.717) is 4.64 Å². The van der Waals surface area contributed by atoms with E-state index in [1.54, 1.807) is 20.5 Å². The number of aromatic nitrogens is 2. The Morgan fingerprint density at radius 1 is 1.20 bits per heavy atom. The van der Waals surface area contributed by atoms with Gasteiger partial charge in [0, 0.05) is 17.2 Å². The lowest BCUT2D eigenvalue weighted by Gasteiger charge is -2.15. The van der Waals surface area contributed by atoms with Crippen molar-refractivity contribution < 1.29 is 9.47 Å². The number of aromatic amines is 1. The first-order chi connectivity index (χ1) is 9.58. The second-order valence-electron chi connectivity index (χ2n) is 4.72. The summed E-state index contributed by atoms with van der Waals surface area (Å²) >= 11 is 5.35. The number of nitrogens with one attached hydrogen (secondary N) is 1. The van der Waals surface area contributed by atoms with Crippen molar-refractivity contribution in [1.82, 2.24) is 9.97 Å². The van der Waals surface area contributed by atoms with Crippen LogP contribution in [0.15, 0.2) is 24.5 Å². The molecule has 2 rings (SSSR count). The summed E-state index contributed by atoms with van der Waals surface area (Å²) in [5.41, 5.74) is 2.91. The van der Waals surface area contributed by atoms with Gasteiger partial charge in [-0.2, -0.15) is 0 Å². The lowest BCUT2D eigenvalue weighted by Crippen LogP contribution is -2.00. The maximum Gasteiger partial charge on any atom is 0.133 e. The molecule has 1 aromatic heterocycles. The van der Waals surface area contributed by atoms with Gasteiger partial charge in [-0.3, -0.25) is 0 Å². The van der Waals surface area contributed by atoms with E-state index in [4.69, 9.17) is 21.7 Å². The van der Waals surface area contributed by atoms with Crippen LogP contribution in [0, 0.1) is 4.64 Å². The molecule has 1 N–H and O–H groups in total. The number of benzene rings is 1. The number of methoxy groups -OCH3 is 2. The summed E-state index contributed by atoms with van der Waals surface area (Å²) in [7, 11) is 3.27. The summed E-state index contributed by atoms with van der Waals surface area (Å²) in [6.45, 7) is 4.19. The van der Waals surface area contributed by atoms with Gasteiger partial charge < -0.3 is 14.5 Å². The fourth-order valence-corrected chi connectivity index (χ4v) is 2.56. The first kappa shape index (κ1) is 14.5. The summed E-state index contributed by atoms with van der Waals surface area (Å²) in [4.78, 5) is 7.36. The van der Waals surface area contributed by atoms with Gasteiger partial charge in [0.25, 0.3) is 0 Å². The molecule has 20 heavy (non-hydrogen) atoms. The number of hydrogen-bond acceptors (Lipinski definition) is 4. The molecule has 5 heteroatoms. The minimum Gasteiger partial charge on any atom is -0.497 e. The van der Waals surface area contributed by atoms with Gasteiger partial charge in [-0.1, -0.05) is 26.1 Å². The van der Waals surface area contributed by atoms with E-state index in [0.717, 1.165) is 28.3 Å². The second-order valence-corrected chi connectivity index (χ2v) is 5.10. The van der Waals surface area contributed by atoms with Gasteiger partial charge in [0.05, 0.1) is 26.2 Å². The summed E-state index contributed by atoms with van der Waals surface area (Å²) < 4.78 is 11.3. The predicted octanol–water partition coefficient (Wildman–Crippen LogP) is 3.95. The van der Waals surface area contributed by atoms with E-state index in [9.17, 15) is 0 Å². The van der Waals surface area contributed by atoms with Crippen LogP contribution in [0.4, 0.5) is 0 Å². The van der Waals surface area contributed by atoms with Gasteiger partial charge in [0.15, 0.2) is 0 Å². The van der Waals surface area contributed by atoms with E-state index in [1.165, 1.54) is 0 Å². The highest BCUT2D eigenvalue weighted by atomic mass is 32.1. The first-order valence-corrected chi connectivity index (χ1v) is 6.79. The predicted molar refractivity (Wildman–Crippen MR) is 82.1 cm³/mol. The summed E-state index contributed by atoms with van der Waals surface area (Å²) in [5.74, 6) is 1.77.